The topological polar surface area (TPSA) is 68.8 Å². The first-order valence-corrected chi connectivity index (χ1v) is 10.3. The zero-order valence-corrected chi connectivity index (χ0v) is 17.5. The van der Waals surface area contributed by atoms with Crippen molar-refractivity contribution >= 4 is 6.03 Å². The van der Waals surface area contributed by atoms with E-state index < -0.39 is 0 Å². The van der Waals surface area contributed by atoms with E-state index in [1.165, 1.54) is 0 Å². The summed E-state index contributed by atoms with van der Waals surface area (Å²) in [5.41, 5.74) is 3.25. The molecule has 0 aliphatic carbocycles. The first-order valence-electron chi connectivity index (χ1n) is 10.3. The van der Waals surface area contributed by atoms with Gasteiger partial charge in [0, 0.05) is 12.6 Å². The lowest BCUT2D eigenvalue weighted by Crippen LogP contribution is -2.43. The van der Waals surface area contributed by atoms with Crippen molar-refractivity contribution in [1.29, 1.82) is 0 Å². The molecule has 0 spiro atoms. The molecule has 2 amide bonds. The lowest BCUT2D eigenvalue weighted by molar-refractivity contribution is 0.174. The Labute approximate surface area is 182 Å². The molecule has 6 heteroatoms. The summed E-state index contributed by atoms with van der Waals surface area (Å²) in [6.45, 7) is 0.722. The van der Waals surface area contributed by atoms with Crippen LogP contribution in [0.4, 0.5) is 4.79 Å². The average Bonchev–Trinajstić information content (AvgIpc) is 3.27. The minimum Gasteiger partial charge on any atom is -0.497 e. The third-order valence-corrected chi connectivity index (χ3v) is 5.19. The molecular formula is C25H26N2O4. The maximum absolute atomic E-state index is 12.6. The van der Waals surface area contributed by atoms with E-state index in [2.05, 4.69) is 10.6 Å². The average molecular weight is 418 g/mol. The fraction of sp³-hybridized carbons (Fsp3) is 0.240. The molecule has 0 fully saturated rings. The van der Waals surface area contributed by atoms with Gasteiger partial charge in [0.2, 0.25) is 6.79 Å². The van der Waals surface area contributed by atoms with Crippen molar-refractivity contribution < 1.29 is 19.0 Å². The number of carbonyl (C=O) groups is 1. The number of hydrogen-bond donors (Lipinski definition) is 2. The third-order valence-electron chi connectivity index (χ3n) is 5.19. The van der Waals surface area contributed by atoms with Crippen LogP contribution in [0, 0.1) is 0 Å². The maximum atomic E-state index is 12.6. The quantitative estimate of drug-likeness (QED) is 0.579. The van der Waals surface area contributed by atoms with Crippen LogP contribution in [0.15, 0.2) is 72.8 Å². The summed E-state index contributed by atoms with van der Waals surface area (Å²) >= 11 is 0. The Kier molecular flexibility index (Phi) is 6.57. The van der Waals surface area contributed by atoms with Gasteiger partial charge in [0.25, 0.3) is 0 Å². The van der Waals surface area contributed by atoms with E-state index in [1.54, 1.807) is 7.11 Å². The first kappa shape index (κ1) is 20.6. The fourth-order valence-corrected chi connectivity index (χ4v) is 3.59. The second-order valence-corrected chi connectivity index (χ2v) is 7.45. The molecule has 1 aliphatic heterocycles. The second kappa shape index (κ2) is 9.89. The molecular weight excluding hydrogens is 392 g/mol. The van der Waals surface area contributed by atoms with Gasteiger partial charge in [0.15, 0.2) is 11.5 Å². The Balaban J connectivity index is 1.43. The van der Waals surface area contributed by atoms with Gasteiger partial charge in [-0.25, -0.2) is 4.79 Å². The van der Waals surface area contributed by atoms with Crippen LogP contribution in [0.3, 0.4) is 0 Å². The van der Waals surface area contributed by atoms with Crippen LogP contribution >= 0.6 is 0 Å². The van der Waals surface area contributed by atoms with Crippen molar-refractivity contribution in [3.63, 3.8) is 0 Å². The third kappa shape index (κ3) is 5.69. The molecule has 0 radical (unpaired) electrons. The molecule has 160 valence electrons. The molecule has 6 nitrogen and oxygen atoms in total. The summed E-state index contributed by atoms with van der Waals surface area (Å²) in [5.74, 6) is 2.31. The maximum Gasteiger partial charge on any atom is 0.315 e. The predicted molar refractivity (Wildman–Crippen MR) is 119 cm³/mol. The number of hydrogen-bond acceptors (Lipinski definition) is 4. The van der Waals surface area contributed by atoms with Crippen LogP contribution in [0.5, 0.6) is 17.2 Å². The normalized spacial score (nSPS) is 12.8. The molecule has 2 N–H and O–H groups in total. The monoisotopic (exact) mass is 418 g/mol. The summed E-state index contributed by atoms with van der Waals surface area (Å²) in [7, 11) is 1.65. The van der Waals surface area contributed by atoms with Crippen molar-refractivity contribution in [3.8, 4) is 17.2 Å². The van der Waals surface area contributed by atoms with Crippen molar-refractivity contribution in [1.82, 2.24) is 10.6 Å². The number of methoxy groups -OCH3 is 1. The molecule has 3 aromatic carbocycles. The summed E-state index contributed by atoms with van der Waals surface area (Å²) in [6.07, 6.45) is 1.36. The second-order valence-electron chi connectivity index (χ2n) is 7.45. The van der Waals surface area contributed by atoms with Gasteiger partial charge >= 0.3 is 6.03 Å². The highest BCUT2D eigenvalue weighted by atomic mass is 16.7. The van der Waals surface area contributed by atoms with E-state index in [0.29, 0.717) is 19.4 Å². The van der Waals surface area contributed by atoms with Crippen LogP contribution in [-0.2, 0) is 19.4 Å². The van der Waals surface area contributed by atoms with Crippen molar-refractivity contribution in [3.05, 3.63) is 89.5 Å². The Morgan fingerprint density at radius 1 is 0.903 bits per heavy atom. The van der Waals surface area contributed by atoms with Crippen molar-refractivity contribution in [2.45, 2.75) is 25.4 Å². The molecule has 1 heterocycles. The summed E-state index contributed by atoms with van der Waals surface area (Å²) < 4.78 is 16.1. The number of carbonyl (C=O) groups excluding carboxylic acids is 1. The molecule has 1 unspecified atom stereocenters. The molecule has 1 aliphatic rings. The number of nitrogens with one attached hydrogen (secondary N) is 2. The SMILES string of the molecule is COc1ccc(CC(Cc2ccc3c(c2)OCO3)NC(=O)NCc2ccccc2)cc1. The van der Waals surface area contributed by atoms with Gasteiger partial charge in [-0.3, -0.25) is 0 Å². The van der Waals surface area contributed by atoms with Crippen LogP contribution in [0.1, 0.15) is 16.7 Å². The number of amides is 2. The Morgan fingerprint density at radius 3 is 2.39 bits per heavy atom. The van der Waals surface area contributed by atoms with Gasteiger partial charge in [-0.2, -0.15) is 0 Å². The first-order chi connectivity index (χ1) is 15.2. The molecule has 31 heavy (non-hydrogen) atoms. The minimum absolute atomic E-state index is 0.0930. The smallest absolute Gasteiger partial charge is 0.315 e. The highest BCUT2D eigenvalue weighted by molar-refractivity contribution is 5.74. The van der Waals surface area contributed by atoms with Crippen molar-refractivity contribution in [2.24, 2.45) is 0 Å². The predicted octanol–water partition coefficient (Wildman–Crippen LogP) is 4.08. The molecule has 4 rings (SSSR count). The van der Waals surface area contributed by atoms with Gasteiger partial charge in [-0.1, -0.05) is 48.5 Å². The zero-order chi connectivity index (χ0) is 21.5. The van der Waals surface area contributed by atoms with Gasteiger partial charge in [0.1, 0.15) is 5.75 Å². The summed E-state index contributed by atoms with van der Waals surface area (Å²) in [4.78, 5) is 12.6. The fourth-order valence-electron chi connectivity index (χ4n) is 3.59. The summed E-state index contributed by atoms with van der Waals surface area (Å²) in [5, 5.41) is 6.07. The number of fused-ring (bicyclic) bond motifs is 1. The highest BCUT2D eigenvalue weighted by Gasteiger charge is 2.18. The molecule has 0 bridgehead atoms. The Morgan fingerprint density at radius 2 is 1.61 bits per heavy atom. The van der Waals surface area contributed by atoms with Gasteiger partial charge in [-0.15, -0.1) is 0 Å². The van der Waals surface area contributed by atoms with E-state index >= 15 is 0 Å². The van der Waals surface area contributed by atoms with Gasteiger partial charge < -0.3 is 24.8 Å². The largest absolute Gasteiger partial charge is 0.497 e. The van der Waals surface area contributed by atoms with Crippen molar-refractivity contribution in [2.75, 3.05) is 13.9 Å². The minimum atomic E-state index is -0.192. The molecule has 0 aromatic heterocycles. The molecule has 1 atom stereocenters. The van der Waals surface area contributed by atoms with Gasteiger partial charge in [-0.05, 0) is 53.8 Å². The van der Waals surface area contributed by atoms with E-state index in [1.807, 2.05) is 72.8 Å². The molecule has 3 aromatic rings. The van der Waals surface area contributed by atoms with E-state index in [-0.39, 0.29) is 18.9 Å². The van der Waals surface area contributed by atoms with E-state index in [9.17, 15) is 4.79 Å². The van der Waals surface area contributed by atoms with Crippen LogP contribution < -0.4 is 24.8 Å². The van der Waals surface area contributed by atoms with Gasteiger partial charge in [0.05, 0.1) is 7.11 Å². The van der Waals surface area contributed by atoms with E-state index in [0.717, 1.165) is 33.9 Å². The summed E-state index contributed by atoms with van der Waals surface area (Å²) in [6, 6.07) is 23.4. The van der Waals surface area contributed by atoms with E-state index in [4.69, 9.17) is 14.2 Å². The number of ether oxygens (including phenoxy) is 3. The lowest BCUT2D eigenvalue weighted by Gasteiger charge is -2.20. The number of rotatable bonds is 8. The molecule has 0 saturated carbocycles. The Bertz CT molecular complexity index is 1010. The van der Waals surface area contributed by atoms with Crippen LogP contribution in [0.2, 0.25) is 0 Å². The Hall–Kier alpha value is -3.67. The zero-order valence-electron chi connectivity index (χ0n) is 17.5. The highest BCUT2D eigenvalue weighted by Crippen LogP contribution is 2.33. The number of benzene rings is 3. The molecule has 0 saturated heterocycles. The standard InChI is InChI=1S/C25H26N2O4/c1-29-22-10-7-18(8-11-22)13-21(14-20-9-12-23-24(15-20)31-17-30-23)27-25(28)26-16-19-5-3-2-4-6-19/h2-12,15,21H,13-14,16-17H2,1H3,(H2,26,27,28). The van der Waals surface area contributed by atoms with Crippen LogP contribution in [-0.4, -0.2) is 26.0 Å². The number of urea groups is 1. The van der Waals surface area contributed by atoms with Crippen LogP contribution in [0.25, 0.3) is 0 Å². The lowest BCUT2D eigenvalue weighted by atomic mass is 9.98.